The van der Waals surface area contributed by atoms with E-state index in [0.717, 1.165) is 22.0 Å². The van der Waals surface area contributed by atoms with Gasteiger partial charge in [0.25, 0.3) is 10.0 Å². The molecule has 0 atom stereocenters. The van der Waals surface area contributed by atoms with E-state index in [-0.39, 0.29) is 5.95 Å². The third-order valence-corrected chi connectivity index (χ3v) is 7.51. The Bertz CT molecular complexity index is 1180. The molecule has 29 heavy (non-hydrogen) atoms. The molecule has 1 aliphatic heterocycles. The van der Waals surface area contributed by atoms with Crippen molar-refractivity contribution in [2.24, 2.45) is 0 Å². The van der Waals surface area contributed by atoms with Crippen molar-refractivity contribution in [2.75, 3.05) is 26.0 Å². The monoisotopic (exact) mass is 441 g/mol. The van der Waals surface area contributed by atoms with E-state index >= 15 is 0 Å². The molecule has 3 rings (SSSR count). The van der Waals surface area contributed by atoms with Gasteiger partial charge in [-0.2, -0.15) is 4.98 Å². The number of nitrogens with one attached hydrogen (secondary N) is 2. The molecule has 13 heteroatoms. The first kappa shape index (κ1) is 21.0. The van der Waals surface area contributed by atoms with Crippen molar-refractivity contribution in [3.05, 3.63) is 35.5 Å². The molecular weight excluding hydrogens is 422 g/mol. The first-order chi connectivity index (χ1) is 13.5. The number of fused-ring (bicyclic) bond motifs is 1. The quantitative estimate of drug-likeness (QED) is 0.681. The number of aromatic nitrogens is 2. The van der Waals surface area contributed by atoms with Gasteiger partial charge in [-0.05, 0) is 19.1 Å². The number of hydrogen-bond acceptors (Lipinski definition) is 8. The average Bonchev–Trinajstić information content (AvgIpc) is 3.10. The molecule has 0 spiro atoms. The second-order valence-electron chi connectivity index (χ2n) is 6.31. The van der Waals surface area contributed by atoms with E-state index in [2.05, 4.69) is 15.3 Å². The highest BCUT2D eigenvalue weighted by Crippen LogP contribution is 2.26. The highest BCUT2D eigenvalue weighted by atomic mass is 32.2. The largest absolute Gasteiger partial charge is 0.477 e. The Morgan fingerprint density at radius 3 is 2.41 bits per heavy atom. The number of ether oxygens (including phenoxy) is 1. The number of urea groups is 1. The lowest BCUT2D eigenvalue weighted by atomic mass is 10.2. The van der Waals surface area contributed by atoms with Gasteiger partial charge >= 0.3 is 6.03 Å². The SMILES string of the molecule is Cc1nc(NC(=O)NS(=O)(=O)c2ccccc2S(=O)(=O)N(C)C)nc2c1CCO2. The minimum Gasteiger partial charge on any atom is -0.477 e. The Balaban J connectivity index is 1.86. The standard InChI is InChI=1S/C16H19N5O6S2/c1-10-11-8-9-27-14(11)18-15(17-10)19-16(22)20-28(23,24)12-6-4-5-7-13(12)29(25,26)21(2)3/h4-7H,8-9H2,1-3H3,(H2,17,18,19,20,22). The maximum atomic E-state index is 12.7. The van der Waals surface area contributed by atoms with Crippen LogP contribution in [0.15, 0.2) is 34.1 Å². The number of hydrogen-bond donors (Lipinski definition) is 2. The van der Waals surface area contributed by atoms with Crippen molar-refractivity contribution in [1.82, 2.24) is 19.0 Å². The predicted molar refractivity (Wildman–Crippen MR) is 103 cm³/mol. The molecule has 0 aliphatic carbocycles. The predicted octanol–water partition coefficient (Wildman–Crippen LogP) is 0.481. The second-order valence-corrected chi connectivity index (χ2v) is 10.1. The van der Waals surface area contributed by atoms with Crippen molar-refractivity contribution in [1.29, 1.82) is 0 Å². The first-order valence-corrected chi connectivity index (χ1v) is 11.3. The van der Waals surface area contributed by atoms with Crippen LogP contribution in [0.1, 0.15) is 11.3 Å². The first-order valence-electron chi connectivity index (χ1n) is 8.38. The van der Waals surface area contributed by atoms with Crippen LogP contribution in [-0.4, -0.2) is 57.8 Å². The summed E-state index contributed by atoms with van der Waals surface area (Å²) in [5.74, 6) is 0.197. The lowest BCUT2D eigenvalue weighted by Gasteiger charge is -2.15. The fourth-order valence-corrected chi connectivity index (χ4v) is 5.28. The van der Waals surface area contributed by atoms with Crippen molar-refractivity contribution in [3.63, 3.8) is 0 Å². The molecule has 156 valence electrons. The Hall–Kier alpha value is -2.77. The second kappa shape index (κ2) is 7.57. The minimum absolute atomic E-state index is 0.134. The summed E-state index contributed by atoms with van der Waals surface area (Å²) in [6.07, 6.45) is 0.652. The molecule has 11 nitrogen and oxygen atoms in total. The number of amides is 2. The smallest absolute Gasteiger partial charge is 0.335 e. The normalized spacial score (nSPS) is 13.7. The van der Waals surface area contributed by atoms with Crippen LogP contribution in [-0.2, 0) is 26.5 Å². The number of nitrogens with zero attached hydrogens (tertiary/aromatic N) is 3. The lowest BCUT2D eigenvalue weighted by molar-refractivity contribution is 0.256. The summed E-state index contributed by atoms with van der Waals surface area (Å²) in [6.45, 7) is 2.17. The van der Waals surface area contributed by atoms with Gasteiger partial charge in [-0.1, -0.05) is 12.1 Å². The van der Waals surface area contributed by atoms with Crippen LogP contribution in [0.3, 0.4) is 0 Å². The number of benzene rings is 1. The van der Waals surface area contributed by atoms with Crippen LogP contribution in [0, 0.1) is 6.92 Å². The van der Waals surface area contributed by atoms with E-state index in [4.69, 9.17) is 4.74 Å². The molecule has 2 amide bonds. The van der Waals surface area contributed by atoms with Gasteiger partial charge in [-0.15, -0.1) is 0 Å². The van der Waals surface area contributed by atoms with E-state index in [1.54, 1.807) is 11.6 Å². The van der Waals surface area contributed by atoms with Gasteiger partial charge in [0.05, 0.1) is 12.3 Å². The fraction of sp³-hybridized carbons (Fsp3) is 0.312. The third-order valence-electron chi connectivity index (χ3n) is 4.12. The molecule has 1 aromatic heterocycles. The van der Waals surface area contributed by atoms with Crippen LogP contribution in [0.4, 0.5) is 10.7 Å². The van der Waals surface area contributed by atoms with E-state index in [9.17, 15) is 21.6 Å². The Labute approximate surface area is 168 Å². The van der Waals surface area contributed by atoms with Crippen molar-refractivity contribution >= 4 is 32.0 Å². The topological polar surface area (TPSA) is 148 Å². The Morgan fingerprint density at radius 1 is 1.10 bits per heavy atom. The summed E-state index contributed by atoms with van der Waals surface area (Å²) in [7, 11) is -6.02. The van der Waals surface area contributed by atoms with Gasteiger partial charge in [0.15, 0.2) is 0 Å². The molecule has 0 bridgehead atoms. The number of anilines is 1. The maximum Gasteiger partial charge on any atom is 0.335 e. The summed E-state index contributed by atoms with van der Waals surface area (Å²) in [6, 6.07) is 3.84. The van der Waals surface area contributed by atoms with E-state index in [0.29, 0.717) is 24.6 Å². The van der Waals surface area contributed by atoms with E-state index in [1.165, 1.54) is 26.2 Å². The molecule has 1 aromatic carbocycles. The average molecular weight is 441 g/mol. The molecule has 2 aromatic rings. The lowest BCUT2D eigenvalue weighted by Crippen LogP contribution is -2.36. The fourth-order valence-electron chi connectivity index (χ4n) is 2.67. The minimum atomic E-state index is -4.50. The molecule has 0 saturated heterocycles. The number of carbonyl (C=O) groups is 1. The van der Waals surface area contributed by atoms with Gasteiger partial charge in [0, 0.05) is 26.1 Å². The Kier molecular flexibility index (Phi) is 5.47. The zero-order valence-corrected chi connectivity index (χ0v) is 17.5. The van der Waals surface area contributed by atoms with Gasteiger partial charge in [-0.3, -0.25) is 5.32 Å². The van der Waals surface area contributed by atoms with Crippen LogP contribution < -0.4 is 14.8 Å². The van der Waals surface area contributed by atoms with Crippen LogP contribution in [0.25, 0.3) is 0 Å². The van der Waals surface area contributed by atoms with Crippen LogP contribution in [0.5, 0.6) is 5.88 Å². The van der Waals surface area contributed by atoms with Crippen molar-refractivity contribution in [3.8, 4) is 5.88 Å². The van der Waals surface area contributed by atoms with Crippen molar-refractivity contribution in [2.45, 2.75) is 23.1 Å². The van der Waals surface area contributed by atoms with E-state index < -0.39 is 35.9 Å². The highest BCUT2D eigenvalue weighted by Gasteiger charge is 2.29. The molecule has 0 fully saturated rings. The molecule has 2 N–H and O–H groups in total. The summed E-state index contributed by atoms with van der Waals surface area (Å²) in [5, 5.41) is 2.23. The molecule has 2 heterocycles. The number of rotatable bonds is 5. The van der Waals surface area contributed by atoms with Gasteiger partial charge in [0.2, 0.25) is 21.9 Å². The molecule has 0 saturated carbocycles. The third kappa shape index (κ3) is 4.16. The number of aryl methyl sites for hydroxylation is 1. The number of sulfonamides is 2. The summed E-state index contributed by atoms with van der Waals surface area (Å²) >= 11 is 0. The molecule has 1 aliphatic rings. The van der Waals surface area contributed by atoms with Gasteiger partial charge in [-0.25, -0.2) is 35.6 Å². The Morgan fingerprint density at radius 2 is 1.76 bits per heavy atom. The van der Waals surface area contributed by atoms with Crippen LogP contribution >= 0.6 is 0 Å². The zero-order chi connectivity index (χ0) is 21.4. The number of carbonyl (C=O) groups excluding carboxylic acids is 1. The molecular formula is C16H19N5O6S2. The molecule has 0 unspecified atom stereocenters. The van der Waals surface area contributed by atoms with E-state index in [1.807, 2.05) is 0 Å². The highest BCUT2D eigenvalue weighted by molar-refractivity contribution is 7.92. The van der Waals surface area contributed by atoms with Gasteiger partial charge in [0.1, 0.15) is 9.79 Å². The van der Waals surface area contributed by atoms with Gasteiger partial charge < -0.3 is 4.74 Å². The maximum absolute atomic E-state index is 12.7. The molecule has 0 radical (unpaired) electrons. The summed E-state index contributed by atoms with van der Waals surface area (Å²) < 4.78 is 58.1. The van der Waals surface area contributed by atoms with Crippen LogP contribution in [0.2, 0.25) is 0 Å². The summed E-state index contributed by atoms with van der Waals surface area (Å²) in [4.78, 5) is 19.4. The zero-order valence-electron chi connectivity index (χ0n) is 15.8. The van der Waals surface area contributed by atoms with Crippen molar-refractivity contribution < 1.29 is 26.4 Å². The summed E-state index contributed by atoms with van der Waals surface area (Å²) in [5.41, 5.74) is 1.43.